The zero-order valence-corrected chi connectivity index (χ0v) is 10.9. The summed E-state index contributed by atoms with van der Waals surface area (Å²) in [6, 6.07) is 1.87. The SMILES string of the molecule is CCC(C)(N)c1noc(-c2sccc2OC)n1. The summed E-state index contributed by atoms with van der Waals surface area (Å²) in [5.41, 5.74) is 5.50. The van der Waals surface area contributed by atoms with E-state index in [-0.39, 0.29) is 0 Å². The minimum atomic E-state index is -0.563. The number of methoxy groups -OCH3 is 1. The van der Waals surface area contributed by atoms with Gasteiger partial charge in [0.2, 0.25) is 0 Å². The second-order valence-corrected chi connectivity index (χ2v) is 4.93. The monoisotopic (exact) mass is 253 g/mol. The lowest BCUT2D eigenvalue weighted by atomic mass is 10.0. The van der Waals surface area contributed by atoms with Crippen molar-refractivity contribution in [2.45, 2.75) is 25.8 Å². The second kappa shape index (κ2) is 4.46. The van der Waals surface area contributed by atoms with E-state index in [1.165, 1.54) is 11.3 Å². The van der Waals surface area contributed by atoms with Crippen LogP contribution in [0.4, 0.5) is 0 Å². The molecule has 0 saturated carbocycles. The van der Waals surface area contributed by atoms with Crippen molar-refractivity contribution < 1.29 is 9.26 Å². The van der Waals surface area contributed by atoms with Crippen molar-refractivity contribution in [3.05, 3.63) is 17.3 Å². The highest BCUT2D eigenvalue weighted by Crippen LogP contribution is 2.34. The molecule has 0 fully saturated rings. The minimum Gasteiger partial charge on any atom is -0.495 e. The molecule has 0 spiro atoms. The van der Waals surface area contributed by atoms with Crippen LogP contribution in [0, 0.1) is 0 Å². The average Bonchev–Trinajstić information content (AvgIpc) is 2.96. The van der Waals surface area contributed by atoms with E-state index in [0.29, 0.717) is 11.7 Å². The summed E-state index contributed by atoms with van der Waals surface area (Å²) in [5.74, 6) is 1.71. The molecule has 6 heteroatoms. The quantitative estimate of drug-likeness (QED) is 0.905. The van der Waals surface area contributed by atoms with Gasteiger partial charge in [-0.25, -0.2) is 0 Å². The van der Waals surface area contributed by atoms with Crippen LogP contribution in [0.5, 0.6) is 5.75 Å². The van der Waals surface area contributed by atoms with Crippen molar-refractivity contribution in [1.82, 2.24) is 10.1 Å². The molecular weight excluding hydrogens is 238 g/mol. The van der Waals surface area contributed by atoms with Crippen molar-refractivity contribution in [3.8, 4) is 16.5 Å². The van der Waals surface area contributed by atoms with Gasteiger partial charge in [0.25, 0.3) is 5.89 Å². The lowest BCUT2D eigenvalue weighted by Crippen LogP contribution is -2.33. The fraction of sp³-hybridized carbons (Fsp3) is 0.455. The third-order valence-electron chi connectivity index (χ3n) is 2.71. The molecule has 2 rings (SSSR count). The number of ether oxygens (including phenoxy) is 1. The standard InChI is InChI=1S/C11H15N3O2S/c1-4-11(2,12)10-13-9(16-14-10)8-7(15-3)5-6-17-8/h5-6H,4,12H2,1-3H3. The first-order chi connectivity index (χ1) is 8.08. The Morgan fingerprint density at radius 3 is 3.00 bits per heavy atom. The van der Waals surface area contributed by atoms with Gasteiger partial charge in [-0.05, 0) is 24.8 Å². The molecule has 0 aliphatic heterocycles. The summed E-state index contributed by atoms with van der Waals surface area (Å²) in [7, 11) is 1.61. The summed E-state index contributed by atoms with van der Waals surface area (Å²) in [5, 5.41) is 5.85. The highest BCUT2D eigenvalue weighted by atomic mass is 32.1. The van der Waals surface area contributed by atoms with E-state index in [9.17, 15) is 0 Å². The van der Waals surface area contributed by atoms with E-state index in [2.05, 4.69) is 10.1 Å². The predicted octanol–water partition coefficient (Wildman–Crippen LogP) is 2.39. The molecule has 2 heterocycles. The second-order valence-electron chi connectivity index (χ2n) is 4.01. The van der Waals surface area contributed by atoms with Gasteiger partial charge in [-0.15, -0.1) is 11.3 Å². The molecule has 5 nitrogen and oxygen atoms in total. The molecule has 0 saturated heterocycles. The Labute approximate surface area is 104 Å². The van der Waals surface area contributed by atoms with Gasteiger partial charge in [-0.2, -0.15) is 4.98 Å². The average molecular weight is 253 g/mol. The number of aromatic nitrogens is 2. The van der Waals surface area contributed by atoms with E-state index >= 15 is 0 Å². The molecule has 0 aliphatic carbocycles. The Morgan fingerprint density at radius 2 is 2.35 bits per heavy atom. The van der Waals surface area contributed by atoms with Crippen LogP contribution in [0.25, 0.3) is 10.8 Å². The fourth-order valence-electron chi connectivity index (χ4n) is 1.32. The summed E-state index contributed by atoms with van der Waals surface area (Å²) in [6.07, 6.45) is 0.744. The van der Waals surface area contributed by atoms with Gasteiger partial charge in [0.15, 0.2) is 5.82 Å². The molecular formula is C11H15N3O2S. The third-order valence-corrected chi connectivity index (χ3v) is 3.60. The number of hydrogen-bond donors (Lipinski definition) is 1. The number of thiophene rings is 1. The molecule has 0 aromatic carbocycles. The van der Waals surface area contributed by atoms with Crippen molar-refractivity contribution in [2.24, 2.45) is 5.73 Å². The summed E-state index contributed by atoms with van der Waals surface area (Å²) in [4.78, 5) is 5.16. The van der Waals surface area contributed by atoms with E-state index in [4.69, 9.17) is 15.0 Å². The van der Waals surface area contributed by atoms with Gasteiger partial charge >= 0.3 is 0 Å². The lowest BCUT2D eigenvalue weighted by Gasteiger charge is -2.16. The van der Waals surface area contributed by atoms with Gasteiger partial charge in [0.05, 0.1) is 12.6 Å². The van der Waals surface area contributed by atoms with Crippen LogP contribution in [0.15, 0.2) is 16.0 Å². The molecule has 1 unspecified atom stereocenters. The Balaban J connectivity index is 2.36. The van der Waals surface area contributed by atoms with Crippen LogP contribution in [0.2, 0.25) is 0 Å². The maximum atomic E-state index is 6.06. The Kier molecular flexibility index (Phi) is 3.17. The van der Waals surface area contributed by atoms with Gasteiger partial charge in [-0.3, -0.25) is 0 Å². The molecule has 2 aromatic heterocycles. The first-order valence-electron chi connectivity index (χ1n) is 5.33. The van der Waals surface area contributed by atoms with Crippen molar-refractivity contribution >= 4 is 11.3 Å². The molecule has 1 atom stereocenters. The normalized spacial score (nSPS) is 14.6. The van der Waals surface area contributed by atoms with Crippen LogP contribution in [0.1, 0.15) is 26.1 Å². The summed E-state index contributed by atoms with van der Waals surface area (Å²) >= 11 is 1.50. The van der Waals surface area contributed by atoms with Crippen molar-refractivity contribution in [3.63, 3.8) is 0 Å². The zero-order valence-electron chi connectivity index (χ0n) is 10.1. The highest BCUT2D eigenvalue weighted by molar-refractivity contribution is 7.13. The van der Waals surface area contributed by atoms with Crippen LogP contribution in [-0.2, 0) is 5.54 Å². The molecule has 0 aliphatic rings. The minimum absolute atomic E-state index is 0.456. The van der Waals surface area contributed by atoms with Gasteiger partial charge < -0.3 is 15.0 Å². The van der Waals surface area contributed by atoms with Crippen molar-refractivity contribution in [1.29, 1.82) is 0 Å². The maximum absolute atomic E-state index is 6.06. The van der Waals surface area contributed by atoms with Crippen LogP contribution in [0.3, 0.4) is 0 Å². The van der Waals surface area contributed by atoms with E-state index in [0.717, 1.165) is 17.0 Å². The summed E-state index contributed by atoms with van der Waals surface area (Å²) in [6.45, 7) is 3.87. The number of rotatable bonds is 4. The van der Waals surface area contributed by atoms with E-state index in [1.807, 2.05) is 25.3 Å². The topological polar surface area (TPSA) is 74.2 Å². The van der Waals surface area contributed by atoms with Crippen LogP contribution < -0.4 is 10.5 Å². The van der Waals surface area contributed by atoms with E-state index in [1.54, 1.807) is 7.11 Å². The predicted molar refractivity (Wildman–Crippen MR) is 66.0 cm³/mol. The summed E-state index contributed by atoms with van der Waals surface area (Å²) < 4.78 is 10.4. The first kappa shape index (κ1) is 12.1. The Bertz CT molecular complexity index is 504. The maximum Gasteiger partial charge on any atom is 0.271 e. The number of nitrogens with zero attached hydrogens (tertiary/aromatic N) is 2. The molecule has 92 valence electrons. The molecule has 0 radical (unpaired) electrons. The lowest BCUT2D eigenvalue weighted by molar-refractivity contribution is 0.377. The smallest absolute Gasteiger partial charge is 0.271 e. The highest BCUT2D eigenvalue weighted by Gasteiger charge is 2.26. The van der Waals surface area contributed by atoms with E-state index < -0.39 is 5.54 Å². The molecule has 2 aromatic rings. The zero-order chi connectivity index (χ0) is 12.5. The Morgan fingerprint density at radius 1 is 1.59 bits per heavy atom. The number of hydrogen-bond acceptors (Lipinski definition) is 6. The van der Waals surface area contributed by atoms with Crippen LogP contribution >= 0.6 is 11.3 Å². The molecule has 0 bridgehead atoms. The molecule has 0 amide bonds. The Hall–Kier alpha value is -1.40. The van der Waals surface area contributed by atoms with Gasteiger partial charge in [0.1, 0.15) is 10.6 Å². The largest absolute Gasteiger partial charge is 0.495 e. The molecule has 17 heavy (non-hydrogen) atoms. The van der Waals surface area contributed by atoms with Crippen molar-refractivity contribution in [2.75, 3.05) is 7.11 Å². The van der Waals surface area contributed by atoms with Crippen LogP contribution in [-0.4, -0.2) is 17.3 Å². The number of nitrogens with two attached hydrogens (primary N) is 1. The first-order valence-corrected chi connectivity index (χ1v) is 6.21. The third kappa shape index (κ3) is 2.18. The fourth-order valence-corrected chi connectivity index (χ4v) is 2.10. The van der Waals surface area contributed by atoms with Gasteiger partial charge in [0, 0.05) is 0 Å². The van der Waals surface area contributed by atoms with Gasteiger partial charge in [-0.1, -0.05) is 12.1 Å². The molecule has 2 N–H and O–H groups in total.